The molecule has 3 rings (SSSR count). The molecule has 7 nitrogen and oxygen atoms in total. The minimum atomic E-state index is -0.915. The number of carbonyl (C=O) groups excluding carboxylic acids is 4. The summed E-state index contributed by atoms with van der Waals surface area (Å²) >= 11 is 1.14. The van der Waals surface area contributed by atoms with Crippen molar-refractivity contribution in [3.63, 3.8) is 0 Å². The van der Waals surface area contributed by atoms with Crippen LogP contribution in [0.15, 0.2) is 5.38 Å². The first-order valence-electron chi connectivity index (χ1n) is 7.56. The Morgan fingerprint density at radius 2 is 2.00 bits per heavy atom. The summed E-state index contributed by atoms with van der Waals surface area (Å²) in [5.74, 6) is -1.75. The van der Waals surface area contributed by atoms with Gasteiger partial charge in [0.1, 0.15) is 6.04 Å². The Morgan fingerprint density at radius 1 is 1.26 bits per heavy atom. The lowest BCUT2D eigenvalue weighted by atomic mass is 10.0. The Balaban J connectivity index is 1.87. The molecule has 1 saturated heterocycles. The second-order valence-electron chi connectivity index (χ2n) is 5.66. The van der Waals surface area contributed by atoms with Crippen LogP contribution in [-0.4, -0.2) is 46.0 Å². The molecule has 1 atom stereocenters. The molecule has 0 bridgehead atoms. The molecule has 1 fully saturated rings. The third-order valence-corrected chi connectivity index (χ3v) is 5.04. The van der Waals surface area contributed by atoms with Crippen LogP contribution in [0, 0.1) is 0 Å². The highest BCUT2D eigenvalue weighted by molar-refractivity contribution is 7.14. The van der Waals surface area contributed by atoms with Crippen molar-refractivity contribution >= 4 is 40.0 Å². The maximum absolute atomic E-state index is 12.6. The molecule has 2 aliphatic rings. The van der Waals surface area contributed by atoms with E-state index in [2.05, 4.69) is 0 Å². The summed E-state index contributed by atoms with van der Waals surface area (Å²) in [6.07, 6.45) is 1.87. The molecular formula is C15H17N3O4S. The van der Waals surface area contributed by atoms with Crippen LogP contribution in [-0.2, 0) is 9.59 Å². The molecule has 0 aliphatic carbocycles. The van der Waals surface area contributed by atoms with Gasteiger partial charge in [0.15, 0.2) is 0 Å². The third kappa shape index (κ3) is 2.33. The van der Waals surface area contributed by atoms with E-state index in [4.69, 9.17) is 5.73 Å². The molecule has 0 aromatic carbocycles. The molecule has 2 N–H and O–H groups in total. The van der Waals surface area contributed by atoms with E-state index in [1.807, 2.05) is 6.92 Å². The first kappa shape index (κ1) is 15.7. The van der Waals surface area contributed by atoms with Crippen LogP contribution in [0.4, 0.5) is 5.00 Å². The number of carbonyl (C=O) groups is 4. The fourth-order valence-electron chi connectivity index (χ4n) is 2.99. The van der Waals surface area contributed by atoms with Gasteiger partial charge in [-0.2, -0.15) is 0 Å². The minimum absolute atomic E-state index is 0.152. The summed E-state index contributed by atoms with van der Waals surface area (Å²) in [7, 11) is 0. The largest absolute Gasteiger partial charge is 0.390 e. The van der Waals surface area contributed by atoms with Crippen molar-refractivity contribution in [1.29, 1.82) is 0 Å². The van der Waals surface area contributed by atoms with Crippen molar-refractivity contribution in [2.45, 2.75) is 38.6 Å². The Hall–Kier alpha value is -2.22. The highest BCUT2D eigenvalue weighted by Crippen LogP contribution is 2.35. The lowest BCUT2D eigenvalue weighted by molar-refractivity contribution is -0.151. The zero-order chi connectivity index (χ0) is 16.7. The molecule has 23 heavy (non-hydrogen) atoms. The monoisotopic (exact) mass is 335 g/mol. The van der Waals surface area contributed by atoms with E-state index in [1.54, 1.807) is 0 Å². The van der Waals surface area contributed by atoms with Crippen LogP contribution in [0.25, 0.3) is 0 Å². The molecule has 1 unspecified atom stereocenters. The fourth-order valence-corrected chi connectivity index (χ4v) is 3.77. The van der Waals surface area contributed by atoms with E-state index < -0.39 is 23.8 Å². The van der Waals surface area contributed by atoms with Gasteiger partial charge in [0, 0.05) is 18.3 Å². The van der Waals surface area contributed by atoms with Gasteiger partial charge in [-0.25, -0.2) is 0 Å². The Bertz CT molecular complexity index is 712. The number of unbranched alkanes of at least 4 members (excludes halogenated alkanes) is 1. The fraction of sp³-hybridized carbons (Fsp3) is 0.467. The Labute approximate surface area is 137 Å². The summed E-state index contributed by atoms with van der Waals surface area (Å²) in [5.41, 5.74) is 6.19. The van der Waals surface area contributed by atoms with E-state index in [9.17, 15) is 19.2 Å². The predicted molar refractivity (Wildman–Crippen MR) is 83.9 cm³/mol. The lowest BCUT2D eigenvalue weighted by Crippen LogP contribution is -2.56. The average Bonchev–Trinajstić information content (AvgIpc) is 3.01. The summed E-state index contributed by atoms with van der Waals surface area (Å²) in [5, 5.41) is 1.82. The molecule has 1 aromatic heterocycles. The number of nitrogens with two attached hydrogens (primary N) is 1. The smallest absolute Gasteiger partial charge is 0.265 e. The van der Waals surface area contributed by atoms with Crippen molar-refractivity contribution < 1.29 is 19.2 Å². The number of thiophene rings is 1. The number of hydrogen-bond acceptors (Lipinski definition) is 6. The first-order chi connectivity index (χ1) is 11.0. The van der Waals surface area contributed by atoms with E-state index in [1.165, 1.54) is 10.3 Å². The average molecular weight is 335 g/mol. The summed E-state index contributed by atoms with van der Waals surface area (Å²) < 4.78 is 0. The molecule has 1 aromatic rings. The zero-order valence-corrected chi connectivity index (χ0v) is 13.5. The number of likely N-dealkylation sites (tertiary alicyclic amines) is 1. The van der Waals surface area contributed by atoms with E-state index >= 15 is 0 Å². The number of nitrogen functional groups attached to an aromatic ring is 1. The molecule has 2 aliphatic heterocycles. The molecule has 3 heterocycles. The van der Waals surface area contributed by atoms with Gasteiger partial charge in [-0.15, -0.1) is 11.3 Å². The number of nitrogens with zero attached hydrogens (tertiary/aromatic N) is 2. The van der Waals surface area contributed by atoms with E-state index in [-0.39, 0.29) is 34.9 Å². The summed E-state index contributed by atoms with van der Waals surface area (Å²) in [6, 6.07) is -0.915. The Morgan fingerprint density at radius 3 is 2.65 bits per heavy atom. The topological polar surface area (TPSA) is 101 Å². The van der Waals surface area contributed by atoms with Gasteiger partial charge < -0.3 is 5.73 Å². The van der Waals surface area contributed by atoms with Crippen molar-refractivity contribution in [1.82, 2.24) is 9.80 Å². The van der Waals surface area contributed by atoms with E-state index in [0.29, 0.717) is 13.0 Å². The molecule has 8 heteroatoms. The van der Waals surface area contributed by atoms with Gasteiger partial charge >= 0.3 is 0 Å². The quantitative estimate of drug-likeness (QED) is 0.834. The molecule has 0 spiro atoms. The number of fused-ring (bicyclic) bond motifs is 1. The number of hydrogen-bond donors (Lipinski definition) is 1. The van der Waals surface area contributed by atoms with Gasteiger partial charge in [-0.3, -0.25) is 29.0 Å². The van der Waals surface area contributed by atoms with Gasteiger partial charge in [-0.05, 0) is 12.8 Å². The molecule has 0 saturated carbocycles. The zero-order valence-electron chi connectivity index (χ0n) is 12.7. The third-order valence-electron chi connectivity index (χ3n) is 4.23. The van der Waals surface area contributed by atoms with E-state index in [0.717, 1.165) is 22.7 Å². The number of amides is 4. The van der Waals surface area contributed by atoms with Crippen LogP contribution >= 0.6 is 11.3 Å². The maximum Gasteiger partial charge on any atom is 0.265 e. The summed E-state index contributed by atoms with van der Waals surface area (Å²) in [6.45, 7) is 2.29. The number of imide groups is 2. The highest BCUT2D eigenvalue weighted by Gasteiger charge is 2.48. The van der Waals surface area contributed by atoms with Crippen LogP contribution < -0.4 is 5.73 Å². The number of rotatable bonds is 4. The van der Waals surface area contributed by atoms with Gasteiger partial charge in [0.2, 0.25) is 5.91 Å². The predicted octanol–water partition coefficient (Wildman–Crippen LogP) is 1.24. The second kappa shape index (κ2) is 5.77. The molecule has 0 radical (unpaired) electrons. The minimum Gasteiger partial charge on any atom is -0.390 e. The standard InChI is InChI=1S/C15H17N3O4S/c1-2-3-6-17-10(19)5-4-9(14(17)21)18-13(20)8-7-23-12(16)11(8)15(18)22/h7,9H,2-6,16H2,1H3. The van der Waals surface area contributed by atoms with Gasteiger partial charge in [-0.1, -0.05) is 13.3 Å². The highest BCUT2D eigenvalue weighted by atomic mass is 32.1. The van der Waals surface area contributed by atoms with Crippen molar-refractivity contribution in [2.75, 3.05) is 12.3 Å². The van der Waals surface area contributed by atoms with Crippen LogP contribution in [0.1, 0.15) is 53.3 Å². The second-order valence-corrected chi connectivity index (χ2v) is 6.57. The molecular weight excluding hydrogens is 318 g/mol. The number of anilines is 1. The SMILES string of the molecule is CCCCN1C(=O)CCC(N2C(=O)c3csc(N)c3C2=O)C1=O. The van der Waals surface area contributed by atoms with Crippen molar-refractivity contribution in [2.24, 2.45) is 0 Å². The Kier molecular flexibility index (Phi) is 3.93. The summed E-state index contributed by atoms with van der Waals surface area (Å²) in [4.78, 5) is 51.7. The van der Waals surface area contributed by atoms with Crippen molar-refractivity contribution in [3.8, 4) is 0 Å². The maximum atomic E-state index is 12.6. The van der Waals surface area contributed by atoms with Gasteiger partial charge in [0.05, 0.1) is 16.1 Å². The van der Waals surface area contributed by atoms with Crippen molar-refractivity contribution in [3.05, 3.63) is 16.5 Å². The number of piperidine rings is 1. The lowest BCUT2D eigenvalue weighted by Gasteiger charge is -2.34. The van der Waals surface area contributed by atoms with Crippen LogP contribution in [0.2, 0.25) is 0 Å². The van der Waals surface area contributed by atoms with Gasteiger partial charge in [0.25, 0.3) is 17.7 Å². The van der Waals surface area contributed by atoms with Crippen LogP contribution in [0.5, 0.6) is 0 Å². The first-order valence-corrected chi connectivity index (χ1v) is 8.44. The molecule has 4 amide bonds. The van der Waals surface area contributed by atoms with Crippen LogP contribution in [0.3, 0.4) is 0 Å². The molecule has 122 valence electrons. The normalized spacial score (nSPS) is 21.3.